The van der Waals surface area contributed by atoms with Gasteiger partial charge in [0.25, 0.3) is 0 Å². The van der Waals surface area contributed by atoms with Gasteiger partial charge in [0.05, 0.1) is 21.6 Å². The van der Waals surface area contributed by atoms with Crippen LogP contribution in [0.5, 0.6) is 0 Å². The largest absolute Gasteiger partial charge is 0.348 e. The van der Waals surface area contributed by atoms with Crippen LogP contribution >= 0.6 is 0 Å². The number of nitro benzene ring substituents is 2. The third-order valence-corrected chi connectivity index (χ3v) is 2.24. The van der Waals surface area contributed by atoms with Gasteiger partial charge in [-0.25, -0.2) is 0 Å². The van der Waals surface area contributed by atoms with E-state index >= 15 is 0 Å². The van der Waals surface area contributed by atoms with Crippen LogP contribution in [-0.4, -0.2) is 19.6 Å². The van der Waals surface area contributed by atoms with E-state index in [2.05, 4.69) is 5.10 Å². The van der Waals surface area contributed by atoms with E-state index in [0.29, 0.717) is 10.9 Å². The van der Waals surface area contributed by atoms with Crippen molar-refractivity contribution in [2.24, 2.45) is 7.05 Å². The molecule has 0 fully saturated rings. The first-order valence-corrected chi connectivity index (χ1v) is 4.25. The third-order valence-electron chi connectivity index (χ3n) is 2.24. The van der Waals surface area contributed by atoms with Gasteiger partial charge >= 0.3 is 11.4 Å². The van der Waals surface area contributed by atoms with E-state index in [9.17, 15) is 20.2 Å². The van der Waals surface area contributed by atoms with Gasteiger partial charge in [-0.1, -0.05) is 0 Å². The SMILES string of the molecule is Cn1ncc2cc([N+](=O)[O-])c([N+](=O)[O-])cc21. The first-order valence-electron chi connectivity index (χ1n) is 4.25. The van der Waals surface area contributed by atoms with Crippen LogP contribution in [0.15, 0.2) is 18.3 Å². The van der Waals surface area contributed by atoms with Gasteiger partial charge in [-0.05, 0) is 0 Å². The Labute approximate surface area is 88.4 Å². The lowest BCUT2D eigenvalue weighted by Crippen LogP contribution is -1.97. The van der Waals surface area contributed by atoms with Crippen molar-refractivity contribution in [2.75, 3.05) is 0 Å². The Kier molecular flexibility index (Phi) is 2.04. The van der Waals surface area contributed by atoms with Gasteiger partial charge in [-0.2, -0.15) is 5.10 Å². The summed E-state index contributed by atoms with van der Waals surface area (Å²) in [5.41, 5.74) is -0.566. The van der Waals surface area contributed by atoms with Gasteiger partial charge in [0.1, 0.15) is 0 Å². The summed E-state index contributed by atoms with van der Waals surface area (Å²) in [5, 5.41) is 25.7. The summed E-state index contributed by atoms with van der Waals surface area (Å²) in [5.74, 6) is 0. The normalized spacial score (nSPS) is 10.6. The van der Waals surface area contributed by atoms with Crippen molar-refractivity contribution < 1.29 is 9.85 Å². The smallest absolute Gasteiger partial charge is 0.268 e. The standard InChI is InChI=1S/C8H6N4O4/c1-10-6-3-8(12(15)16)7(11(13)14)2-5(6)4-9-10/h2-4H,1H3. The van der Waals surface area contributed by atoms with Gasteiger partial charge in [0, 0.05) is 24.6 Å². The molecule has 0 amide bonds. The zero-order valence-electron chi connectivity index (χ0n) is 8.15. The molecular weight excluding hydrogens is 216 g/mol. The predicted molar refractivity (Wildman–Crippen MR) is 54.0 cm³/mol. The van der Waals surface area contributed by atoms with Crippen molar-refractivity contribution in [3.63, 3.8) is 0 Å². The summed E-state index contributed by atoms with van der Waals surface area (Å²) in [6.07, 6.45) is 1.42. The molecular formula is C8H6N4O4. The van der Waals surface area contributed by atoms with Crippen LogP contribution in [0.1, 0.15) is 0 Å². The van der Waals surface area contributed by atoms with E-state index in [4.69, 9.17) is 0 Å². The van der Waals surface area contributed by atoms with Gasteiger partial charge < -0.3 is 0 Å². The molecule has 0 saturated heterocycles. The summed E-state index contributed by atoms with van der Waals surface area (Å²) in [4.78, 5) is 19.8. The second-order valence-corrected chi connectivity index (χ2v) is 3.18. The van der Waals surface area contributed by atoms with Crippen LogP contribution in [-0.2, 0) is 7.05 Å². The minimum absolute atomic E-state index is 0.484. The fourth-order valence-electron chi connectivity index (χ4n) is 1.47. The molecule has 2 aromatic rings. The van der Waals surface area contributed by atoms with Gasteiger partial charge in [-0.3, -0.25) is 24.9 Å². The average Bonchev–Trinajstić information content (AvgIpc) is 2.58. The molecule has 1 aromatic heterocycles. The number of aromatic nitrogens is 2. The summed E-state index contributed by atoms with van der Waals surface area (Å²) < 4.78 is 1.42. The molecule has 1 aromatic carbocycles. The zero-order valence-corrected chi connectivity index (χ0v) is 8.15. The van der Waals surface area contributed by atoms with Crippen molar-refractivity contribution in [1.82, 2.24) is 9.78 Å². The van der Waals surface area contributed by atoms with Gasteiger partial charge in [0.2, 0.25) is 0 Å². The van der Waals surface area contributed by atoms with Crippen molar-refractivity contribution in [2.45, 2.75) is 0 Å². The molecule has 2 rings (SSSR count). The van der Waals surface area contributed by atoms with Crippen LogP contribution in [0.3, 0.4) is 0 Å². The minimum atomic E-state index is -0.773. The lowest BCUT2D eigenvalue weighted by molar-refractivity contribution is -0.422. The molecule has 0 atom stereocenters. The minimum Gasteiger partial charge on any atom is -0.268 e. The number of nitrogens with zero attached hydrogens (tertiary/aromatic N) is 4. The maximum Gasteiger partial charge on any atom is 0.348 e. The van der Waals surface area contributed by atoms with E-state index in [1.54, 1.807) is 7.05 Å². The molecule has 1 heterocycles. The fourth-order valence-corrected chi connectivity index (χ4v) is 1.47. The van der Waals surface area contributed by atoms with E-state index < -0.39 is 21.2 Å². The highest BCUT2D eigenvalue weighted by Gasteiger charge is 2.25. The second kappa shape index (κ2) is 3.26. The molecule has 0 radical (unpaired) electrons. The van der Waals surface area contributed by atoms with Crippen LogP contribution in [0.4, 0.5) is 11.4 Å². The summed E-state index contributed by atoms with van der Waals surface area (Å²) in [6.45, 7) is 0. The Morgan fingerprint density at radius 2 is 1.75 bits per heavy atom. The Hall–Kier alpha value is -2.51. The number of benzene rings is 1. The fraction of sp³-hybridized carbons (Fsp3) is 0.125. The number of aryl methyl sites for hydroxylation is 1. The molecule has 8 nitrogen and oxygen atoms in total. The molecule has 0 aliphatic carbocycles. The van der Waals surface area contributed by atoms with Crippen LogP contribution in [0.25, 0.3) is 10.9 Å². The molecule has 0 unspecified atom stereocenters. The quantitative estimate of drug-likeness (QED) is 0.564. The maximum absolute atomic E-state index is 10.7. The third kappa shape index (κ3) is 1.36. The van der Waals surface area contributed by atoms with Crippen LogP contribution in [0.2, 0.25) is 0 Å². The lowest BCUT2D eigenvalue weighted by atomic mass is 10.2. The van der Waals surface area contributed by atoms with E-state index in [1.165, 1.54) is 10.9 Å². The van der Waals surface area contributed by atoms with Crippen molar-refractivity contribution in [3.05, 3.63) is 38.6 Å². The number of hydrogen-bond donors (Lipinski definition) is 0. The number of nitro groups is 2. The molecule has 0 aliphatic rings. The highest BCUT2D eigenvalue weighted by Crippen LogP contribution is 2.31. The molecule has 0 bridgehead atoms. The highest BCUT2D eigenvalue weighted by atomic mass is 16.6. The molecule has 0 N–H and O–H groups in total. The van der Waals surface area contributed by atoms with E-state index in [1.807, 2.05) is 0 Å². The van der Waals surface area contributed by atoms with Crippen LogP contribution < -0.4 is 0 Å². The van der Waals surface area contributed by atoms with Gasteiger partial charge in [0.15, 0.2) is 0 Å². The summed E-state index contributed by atoms with van der Waals surface area (Å²) in [6, 6.07) is 2.31. The Balaban J connectivity index is 2.83. The molecule has 0 saturated carbocycles. The number of fused-ring (bicyclic) bond motifs is 1. The van der Waals surface area contributed by atoms with Crippen LogP contribution in [0, 0.1) is 20.2 Å². The Morgan fingerprint density at radius 1 is 1.19 bits per heavy atom. The van der Waals surface area contributed by atoms with Crippen molar-refractivity contribution >= 4 is 22.3 Å². The molecule has 8 heteroatoms. The van der Waals surface area contributed by atoms with E-state index in [0.717, 1.165) is 12.1 Å². The van der Waals surface area contributed by atoms with Crippen molar-refractivity contribution in [3.8, 4) is 0 Å². The van der Waals surface area contributed by atoms with E-state index in [-0.39, 0.29) is 0 Å². The molecule has 0 spiro atoms. The Morgan fingerprint density at radius 3 is 2.31 bits per heavy atom. The van der Waals surface area contributed by atoms with Gasteiger partial charge in [-0.15, -0.1) is 0 Å². The Bertz CT molecular complexity index is 603. The van der Waals surface area contributed by atoms with Crippen molar-refractivity contribution in [1.29, 1.82) is 0 Å². The summed E-state index contributed by atoms with van der Waals surface area (Å²) >= 11 is 0. The topological polar surface area (TPSA) is 104 Å². The average molecular weight is 222 g/mol. The first kappa shape index (κ1) is 10.0. The first-order chi connectivity index (χ1) is 7.50. The zero-order chi connectivity index (χ0) is 11.9. The number of hydrogen-bond acceptors (Lipinski definition) is 5. The summed E-state index contributed by atoms with van der Waals surface area (Å²) in [7, 11) is 1.61. The maximum atomic E-state index is 10.7. The molecule has 16 heavy (non-hydrogen) atoms. The highest BCUT2D eigenvalue weighted by molar-refractivity contribution is 5.85. The second-order valence-electron chi connectivity index (χ2n) is 3.18. The lowest BCUT2D eigenvalue weighted by Gasteiger charge is -1.96. The predicted octanol–water partition coefficient (Wildman–Crippen LogP) is 1.39. The number of rotatable bonds is 2. The monoisotopic (exact) mass is 222 g/mol. The molecule has 82 valence electrons. The molecule has 0 aliphatic heterocycles.